The molecule has 2 heteroatoms. The average Bonchev–Trinajstić information content (AvgIpc) is 3.24. The van der Waals surface area contributed by atoms with Crippen molar-refractivity contribution in [3.63, 3.8) is 0 Å². The topological polar surface area (TPSA) is 15.3 Å². The molecular weight excluding hydrogens is 220 g/mol. The van der Waals surface area contributed by atoms with E-state index in [1.807, 2.05) is 0 Å². The molecule has 1 aliphatic heterocycles. The van der Waals surface area contributed by atoms with Gasteiger partial charge in [-0.15, -0.1) is 0 Å². The van der Waals surface area contributed by atoms with Crippen molar-refractivity contribution >= 4 is 0 Å². The van der Waals surface area contributed by atoms with Crippen LogP contribution in [0, 0.1) is 17.3 Å². The Morgan fingerprint density at radius 1 is 1.28 bits per heavy atom. The van der Waals surface area contributed by atoms with Crippen molar-refractivity contribution in [2.24, 2.45) is 17.3 Å². The summed E-state index contributed by atoms with van der Waals surface area (Å²) in [4.78, 5) is 2.85. The molecule has 0 aromatic heterocycles. The highest BCUT2D eigenvalue weighted by Gasteiger charge is 2.45. The van der Waals surface area contributed by atoms with Gasteiger partial charge in [-0.05, 0) is 49.4 Å². The molecule has 2 nitrogen and oxygen atoms in total. The van der Waals surface area contributed by atoms with Crippen LogP contribution in [0.4, 0.5) is 0 Å². The zero-order chi connectivity index (χ0) is 12.8. The summed E-state index contributed by atoms with van der Waals surface area (Å²) in [5.74, 6) is 1.78. The van der Waals surface area contributed by atoms with Crippen LogP contribution in [0.3, 0.4) is 0 Å². The number of piperazine rings is 1. The maximum atomic E-state index is 3.82. The van der Waals surface area contributed by atoms with Crippen molar-refractivity contribution in [1.82, 2.24) is 10.2 Å². The van der Waals surface area contributed by atoms with Gasteiger partial charge in [0.25, 0.3) is 0 Å². The maximum Gasteiger partial charge on any atom is 0.0244 e. The smallest absolute Gasteiger partial charge is 0.0244 e. The highest BCUT2D eigenvalue weighted by atomic mass is 15.2. The molecule has 1 N–H and O–H groups in total. The molecule has 2 aliphatic carbocycles. The first-order chi connectivity index (χ1) is 8.63. The summed E-state index contributed by atoms with van der Waals surface area (Å²) in [6.07, 6.45) is 7.28. The first kappa shape index (κ1) is 12.9. The summed E-state index contributed by atoms with van der Waals surface area (Å²) < 4.78 is 0. The molecular formula is C16H30N2. The third-order valence-electron chi connectivity index (χ3n) is 5.70. The van der Waals surface area contributed by atoms with Gasteiger partial charge in [-0.2, -0.15) is 0 Å². The third-order valence-corrected chi connectivity index (χ3v) is 5.70. The van der Waals surface area contributed by atoms with E-state index in [-0.39, 0.29) is 0 Å². The minimum atomic E-state index is 0.707. The number of hydrogen-bond donors (Lipinski definition) is 1. The van der Waals surface area contributed by atoms with Crippen LogP contribution in [0.25, 0.3) is 0 Å². The van der Waals surface area contributed by atoms with Crippen molar-refractivity contribution in [2.75, 3.05) is 19.6 Å². The number of nitrogens with one attached hydrogen (secondary N) is 1. The normalized spacial score (nSPS) is 36.0. The Labute approximate surface area is 113 Å². The second-order valence-corrected chi connectivity index (χ2v) is 7.45. The van der Waals surface area contributed by atoms with E-state index in [4.69, 9.17) is 0 Å². The first-order valence-electron chi connectivity index (χ1n) is 8.11. The summed E-state index contributed by atoms with van der Waals surface area (Å²) in [5, 5.41) is 3.82. The molecule has 3 fully saturated rings. The molecule has 3 rings (SSSR count). The fraction of sp³-hybridized carbons (Fsp3) is 1.00. The molecule has 0 aromatic carbocycles. The van der Waals surface area contributed by atoms with E-state index in [0.717, 1.165) is 23.9 Å². The quantitative estimate of drug-likeness (QED) is 0.807. The van der Waals surface area contributed by atoms with Crippen LogP contribution in [-0.4, -0.2) is 36.6 Å². The van der Waals surface area contributed by atoms with Gasteiger partial charge in [0.05, 0.1) is 0 Å². The molecule has 2 saturated carbocycles. The van der Waals surface area contributed by atoms with E-state index in [2.05, 4.69) is 31.0 Å². The van der Waals surface area contributed by atoms with Gasteiger partial charge in [0.15, 0.2) is 0 Å². The van der Waals surface area contributed by atoms with Gasteiger partial charge in [0.2, 0.25) is 0 Å². The Morgan fingerprint density at radius 3 is 2.50 bits per heavy atom. The SMILES string of the molecule is CCC1(CN2CC(C3CC3)NCC2C(C)C)CC1. The van der Waals surface area contributed by atoms with Gasteiger partial charge in [-0.3, -0.25) is 4.90 Å². The van der Waals surface area contributed by atoms with Crippen LogP contribution in [0.5, 0.6) is 0 Å². The highest BCUT2D eigenvalue weighted by molar-refractivity contribution is 5.00. The lowest BCUT2D eigenvalue weighted by Crippen LogP contribution is -2.59. The lowest BCUT2D eigenvalue weighted by atomic mass is 9.93. The second-order valence-electron chi connectivity index (χ2n) is 7.45. The molecule has 1 heterocycles. The van der Waals surface area contributed by atoms with Crippen LogP contribution < -0.4 is 5.32 Å². The van der Waals surface area contributed by atoms with E-state index >= 15 is 0 Å². The fourth-order valence-corrected chi connectivity index (χ4v) is 3.74. The van der Waals surface area contributed by atoms with Crippen molar-refractivity contribution < 1.29 is 0 Å². The van der Waals surface area contributed by atoms with Crippen LogP contribution in [-0.2, 0) is 0 Å². The van der Waals surface area contributed by atoms with Crippen LogP contribution in [0.1, 0.15) is 52.9 Å². The molecule has 0 aromatic rings. The Kier molecular flexibility index (Phi) is 3.44. The van der Waals surface area contributed by atoms with Gasteiger partial charge in [0, 0.05) is 31.7 Å². The predicted molar refractivity (Wildman–Crippen MR) is 76.7 cm³/mol. The standard InChI is InChI=1S/C16H30N2/c1-4-16(7-8-16)11-18-10-14(13-5-6-13)17-9-15(18)12(2)3/h12-15,17H,4-11H2,1-3H3. The highest BCUT2D eigenvalue weighted by Crippen LogP contribution is 2.50. The lowest BCUT2D eigenvalue weighted by molar-refractivity contribution is 0.0703. The van der Waals surface area contributed by atoms with Crippen molar-refractivity contribution in [2.45, 2.75) is 65.0 Å². The summed E-state index contributed by atoms with van der Waals surface area (Å²) >= 11 is 0. The van der Waals surface area contributed by atoms with Crippen molar-refractivity contribution in [1.29, 1.82) is 0 Å². The fourth-order valence-electron chi connectivity index (χ4n) is 3.74. The predicted octanol–water partition coefficient (Wildman–Crippen LogP) is 2.89. The van der Waals surface area contributed by atoms with Gasteiger partial charge in [-0.25, -0.2) is 0 Å². The average molecular weight is 250 g/mol. The van der Waals surface area contributed by atoms with Crippen LogP contribution in [0.15, 0.2) is 0 Å². The van der Waals surface area contributed by atoms with E-state index in [0.29, 0.717) is 5.41 Å². The molecule has 0 radical (unpaired) electrons. The number of rotatable bonds is 5. The summed E-state index contributed by atoms with van der Waals surface area (Å²) in [6.45, 7) is 11.1. The van der Waals surface area contributed by atoms with Crippen LogP contribution in [0.2, 0.25) is 0 Å². The van der Waals surface area contributed by atoms with E-state index in [1.54, 1.807) is 0 Å². The van der Waals surface area contributed by atoms with E-state index < -0.39 is 0 Å². The van der Waals surface area contributed by atoms with Crippen molar-refractivity contribution in [3.05, 3.63) is 0 Å². The zero-order valence-corrected chi connectivity index (χ0v) is 12.4. The van der Waals surface area contributed by atoms with Gasteiger partial charge in [-0.1, -0.05) is 20.8 Å². The van der Waals surface area contributed by atoms with Gasteiger partial charge >= 0.3 is 0 Å². The molecule has 0 amide bonds. The lowest BCUT2D eigenvalue weighted by Gasteiger charge is -2.44. The monoisotopic (exact) mass is 250 g/mol. The summed E-state index contributed by atoms with van der Waals surface area (Å²) in [5.41, 5.74) is 0.707. The molecule has 0 bridgehead atoms. The molecule has 2 atom stereocenters. The third kappa shape index (κ3) is 2.60. The van der Waals surface area contributed by atoms with E-state index in [9.17, 15) is 0 Å². The molecule has 18 heavy (non-hydrogen) atoms. The van der Waals surface area contributed by atoms with Crippen LogP contribution >= 0.6 is 0 Å². The second kappa shape index (κ2) is 4.79. The minimum absolute atomic E-state index is 0.707. The van der Waals surface area contributed by atoms with Gasteiger partial charge in [0.1, 0.15) is 0 Å². The number of nitrogens with zero attached hydrogens (tertiary/aromatic N) is 1. The molecule has 2 unspecified atom stereocenters. The minimum Gasteiger partial charge on any atom is -0.311 e. The first-order valence-corrected chi connectivity index (χ1v) is 8.11. The van der Waals surface area contributed by atoms with Crippen molar-refractivity contribution in [3.8, 4) is 0 Å². The summed E-state index contributed by atoms with van der Waals surface area (Å²) in [7, 11) is 0. The Balaban J connectivity index is 1.64. The molecule has 0 spiro atoms. The maximum absolute atomic E-state index is 3.82. The zero-order valence-electron chi connectivity index (χ0n) is 12.4. The Bertz CT molecular complexity index is 291. The largest absolute Gasteiger partial charge is 0.311 e. The Hall–Kier alpha value is -0.0800. The molecule has 3 aliphatic rings. The van der Waals surface area contributed by atoms with Gasteiger partial charge < -0.3 is 5.32 Å². The molecule has 104 valence electrons. The summed E-state index contributed by atoms with van der Waals surface area (Å²) in [6, 6.07) is 1.57. The Morgan fingerprint density at radius 2 is 2.00 bits per heavy atom. The van der Waals surface area contributed by atoms with E-state index in [1.165, 1.54) is 51.7 Å². The molecule has 1 saturated heterocycles. The number of hydrogen-bond acceptors (Lipinski definition) is 2.